The molecule has 3 fully saturated rings. The highest BCUT2D eigenvalue weighted by Crippen LogP contribution is 2.53. The van der Waals surface area contributed by atoms with E-state index in [1.807, 2.05) is 0 Å². The third-order valence-electron chi connectivity index (χ3n) is 5.95. The van der Waals surface area contributed by atoms with E-state index in [9.17, 15) is 9.59 Å². The fourth-order valence-electron chi connectivity index (χ4n) is 4.55. The Morgan fingerprint density at radius 3 is 1.74 bits per heavy atom. The molecule has 1 N–H and O–H groups in total. The molecule has 23 heavy (non-hydrogen) atoms. The Bertz CT molecular complexity index is 483. The van der Waals surface area contributed by atoms with Crippen LogP contribution in [0.25, 0.3) is 0 Å². The lowest BCUT2D eigenvalue weighted by molar-refractivity contribution is -0.150. The zero-order valence-electron chi connectivity index (χ0n) is 13.6. The highest BCUT2D eigenvalue weighted by atomic mass is 16.6. The minimum atomic E-state index is -0.579. The average Bonchev–Trinajstić information content (AvgIpc) is 3.37. The van der Waals surface area contributed by atoms with Crippen LogP contribution in [0, 0.1) is 23.2 Å². The van der Waals surface area contributed by atoms with Gasteiger partial charge in [-0.25, -0.2) is 9.59 Å². The zero-order chi connectivity index (χ0) is 16.3. The molecule has 5 aliphatic rings. The summed E-state index contributed by atoms with van der Waals surface area (Å²) in [6.45, 7) is 0.448. The van der Waals surface area contributed by atoms with Crippen molar-refractivity contribution < 1.29 is 19.4 Å². The van der Waals surface area contributed by atoms with Gasteiger partial charge in [0.25, 0.3) is 0 Å². The molecule has 0 aromatic heterocycles. The lowest BCUT2D eigenvalue weighted by Crippen LogP contribution is -2.18. The molecular weight excluding hydrogens is 292 g/mol. The van der Waals surface area contributed by atoms with Gasteiger partial charge in [-0.3, -0.25) is 0 Å². The van der Waals surface area contributed by atoms with Gasteiger partial charge in [0, 0.05) is 18.8 Å². The molecule has 0 saturated heterocycles. The molecule has 4 bridgehead atoms. The zero-order valence-corrected chi connectivity index (χ0v) is 13.6. The molecule has 4 aliphatic carbocycles. The van der Waals surface area contributed by atoms with Crippen LogP contribution in [0.4, 0.5) is 0 Å². The van der Waals surface area contributed by atoms with Gasteiger partial charge in [0.1, 0.15) is 0 Å². The summed E-state index contributed by atoms with van der Waals surface area (Å²) < 4.78 is 3.97. The van der Waals surface area contributed by atoms with Crippen molar-refractivity contribution in [3.63, 3.8) is 0 Å². The van der Waals surface area contributed by atoms with Crippen molar-refractivity contribution in [1.82, 2.24) is 0 Å². The maximum absolute atomic E-state index is 9.92. The third-order valence-corrected chi connectivity index (χ3v) is 5.95. The fourth-order valence-corrected chi connectivity index (χ4v) is 4.55. The Balaban J connectivity index is 0.000000103. The maximum atomic E-state index is 9.92. The fraction of sp³-hybridized carbons (Fsp3) is 0.684. The molecule has 1 aliphatic heterocycles. The Labute approximate surface area is 137 Å². The molecule has 1 heterocycles. The van der Waals surface area contributed by atoms with Crippen LogP contribution >= 0.6 is 0 Å². The van der Waals surface area contributed by atoms with Gasteiger partial charge >= 0.3 is 11.9 Å². The summed E-state index contributed by atoms with van der Waals surface area (Å²) in [6, 6.07) is 0. The molecule has 4 nitrogen and oxygen atoms in total. The molecule has 5 rings (SSSR count). The first-order valence-electron chi connectivity index (χ1n) is 8.82. The smallest absolute Gasteiger partial charge is 0.338 e. The standard InChI is InChI=1S/C8H14O.C7H10.C4H2O3/c9-6-8-3-1-7(5-8)2-4-8;1-2-7-4-3-6(1)5-7;5-3-1-2-4(6)7-3/h7,9H,1-6H2;1-2,6-7H,3-5H2;1-2H. The van der Waals surface area contributed by atoms with Crippen LogP contribution in [0.2, 0.25) is 0 Å². The summed E-state index contributed by atoms with van der Waals surface area (Å²) in [4.78, 5) is 19.8. The van der Waals surface area contributed by atoms with E-state index in [0.717, 1.165) is 29.9 Å². The Morgan fingerprint density at radius 2 is 1.57 bits per heavy atom. The number of carbonyl (C=O) groups excluding carboxylic acids is 2. The molecule has 4 heteroatoms. The second-order valence-corrected chi connectivity index (χ2v) is 7.60. The molecule has 3 saturated carbocycles. The maximum Gasteiger partial charge on any atom is 0.338 e. The number of aliphatic hydroxyl groups is 1. The summed E-state index contributed by atoms with van der Waals surface area (Å²) in [5.74, 6) is 1.81. The van der Waals surface area contributed by atoms with E-state index in [4.69, 9.17) is 5.11 Å². The van der Waals surface area contributed by atoms with Crippen molar-refractivity contribution >= 4 is 11.9 Å². The van der Waals surface area contributed by atoms with E-state index < -0.39 is 11.9 Å². The van der Waals surface area contributed by atoms with Crippen LogP contribution in [-0.4, -0.2) is 23.7 Å². The third kappa shape index (κ3) is 4.11. The highest BCUT2D eigenvalue weighted by Gasteiger charge is 2.43. The molecule has 0 aromatic rings. The Hall–Kier alpha value is -1.42. The van der Waals surface area contributed by atoms with Crippen LogP contribution in [-0.2, 0) is 14.3 Å². The van der Waals surface area contributed by atoms with Gasteiger partial charge in [-0.1, -0.05) is 12.2 Å². The number of fused-ring (bicyclic) bond motifs is 4. The van der Waals surface area contributed by atoms with Crippen molar-refractivity contribution in [2.75, 3.05) is 6.61 Å². The van der Waals surface area contributed by atoms with Crippen molar-refractivity contribution in [2.24, 2.45) is 23.2 Å². The number of rotatable bonds is 1. The first-order chi connectivity index (χ1) is 11.1. The second-order valence-electron chi connectivity index (χ2n) is 7.60. The molecule has 2 unspecified atom stereocenters. The van der Waals surface area contributed by atoms with Gasteiger partial charge in [-0.15, -0.1) is 0 Å². The van der Waals surface area contributed by atoms with Crippen molar-refractivity contribution in [1.29, 1.82) is 0 Å². The van der Waals surface area contributed by atoms with E-state index in [2.05, 4.69) is 16.9 Å². The monoisotopic (exact) mass is 318 g/mol. The SMILES string of the molecule is C1=CC2CCC1C2.O=C1C=CC(=O)O1.OCC12CCC(CC1)C2. The molecular formula is C19H26O4. The van der Waals surface area contributed by atoms with Gasteiger partial charge in [0.05, 0.1) is 0 Å². The lowest BCUT2D eigenvalue weighted by atomic mass is 9.85. The number of hydrogen-bond donors (Lipinski definition) is 1. The van der Waals surface area contributed by atoms with E-state index in [-0.39, 0.29) is 0 Å². The van der Waals surface area contributed by atoms with E-state index in [1.165, 1.54) is 51.4 Å². The van der Waals surface area contributed by atoms with Gasteiger partial charge in [0.2, 0.25) is 0 Å². The first-order valence-corrected chi connectivity index (χ1v) is 8.82. The number of ether oxygens (including phenoxy) is 1. The number of cyclic esters (lactones) is 2. The van der Waals surface area contributed by atoms with Crippen molar-refractivity contribution in [3.8, 4) is 0 Å². The summed E-state index contributed by atoms with van der Waals surface area (Å²) in [5, 5.41) is 9.04. The quantitative estimate of drug-likeness (QED) is 0.458. The van der Waals surface area contributed by atoms with Crippen LogP contribution in [0.1, 0.15) is 51.4 Å². The highest BCUT2D eigenvalue weighted by molar-refractivity contribution is 6.04. The Kier molecular flexibility index (Phi) is 5.00. The van der Waals surface area contributed by atoms with E-state index >= 15 is 0 Å². The number of aliphatic hydroxyl groups excluding tert-OH is 1. The summed E-state index contributed by atoms with van der Waals surface area (Å²) in [5.41, 5.74) is 0.407. The van der Waals surface area contributed by atoms with Crippen molar-refractivity contribution in [3.05, 3.63) is 24.3 Å². The van der Waals surface area contributed by atoms with Crippen LogP contribution in [0.3, 0.4) is 0 Å². The molecule has 0 aromatic carbocycles. The van der Waals surface area contributed by atoms with Gasteiger partial charge in [-0.05, 0) is 74.5 Å². The lowest BCUT2D eigenvalue weighted by Gasteiger charge is -2.22. The van der Waals surface area contributed by atoms with E-state index in [1.54, 1.807) is 0 Å². The molecule has 2 atom stereocenters. The second kappa shape index (κ2) is 7.00. The Morgan fingerprint density at radius 1 is 1.00 bits per heavy atom. The molecule has 0 amide bonds. The molecule has 0 spiro atoms. The average molecular weight is 318 g/mol. The largest absolute Gasteiger partial charge is 0.396 e. The van der Waals surface area contributed by atoms with Gasteiger partial charge < -0.3 is 9.84 Å². The summed E-state index contributed by atoms with van der Waals surface area (Å²) in [6.07, 6.45) is 18.1. The summed E-state index contributed by atoms with van der Waals surface area (Å²) in [7, 11) is 0. The predicted molar refractivity (Wildman–Crippen MR) is 86.3 cm³/mol. The molecule has 0 radical (unpaired) electrons. The van der Waals surface area contributed by atoms with Crippen LogP contribution in [0.15, 0.2) is 24.3 Å². The van der Waals surface area contributed by atoms with E-state index in [0.29, 0.717) is 12.0 Å². The van der Waals surface area contributed by atoms with Gasteiger partial charge in [-0.2, -0.15) is 0 Å². The number of allylic oxidation sites excluding steroid dienone is 2. The summed E-state index contributed by atoms with van der Waals surface area (Å²) >= 11 is 0. The number of esters is 2. The first kappa shape index (κ1) is 16.4. The van der Waals surface area contributed by atoms with Crippen LogP contribution in [0.5, 0.6) is 0 Å². The normalized spacial score (nSPS) is 38.2. The number of carbonyl (C=O) groups is 2. The minimum Gasteiger partial charge on any atom is -0.396 e. The number of hydrogen-bond acceptors (Lipinski definition) is 4. The minimum absolute atomic E-state index is 0.407. The van der Waals surface area contributed by atoms with Crippen molar-refractivity contribution in [2.45, 2.75) is 51.4 Å². The topological polar surface area (TPSA) is 63.6 Å². The van der Waals surface area contributed by atoms with Gasteiger partial charge in [0.15, 0.2) is 0 Å². The molecule has 126 valence electrons. The van der Waals surface area contributed by atoms with Crippen LogP contribution < -0.4 is 0 Å². The predicted octanol–water partition coefficient (Wildman–Crippen LogP) is 3.16.